The van der Waals surface area contributed by atoms with Crippen LogP contribution in [0.3, 0.4) is 0 Å². The number of hydrogen-bond donors (Lipinski definition) is 2. The fourth-order valence-electron chi connectivity index (χ4n) is 3.10. The van der Waals surface area contributed by atoms with E-state index in [0.29, 0.717) is 11.4 Å². The van der Waals surface area contributed by atoms with Gasteiger partial charge in [-0.05, 0) is 38.6 Å². The number of nitrogens with zero attached hydrogens (tertiary/aromatic N) is 2. The van der Waals surface area contributed by atoms with E-state index >= 15 is 0 Å². The first-order valence-electron chi connectivity index (χ1n) is 6.72. The first-order valence-corrected chi connectivity index (χ1v) is 6.72. The molecule has 0 aromatic carbocycles. The van der Waals surface area contributed by atoms with Crippen LogP contribution in [0.4, 0.5) is 0 Å². The summed E-state index contributed by atoms with van der Waals surface area (Å²) in [6.45, 7) is 1.01. The minimum atomic E-state index is -0.0520. The molecule has 1 aromatic rings. The van der Waals surface area contributed by atoms with E-state index in [1.807, 2.05) is 7.05 Å². The zero-order valence-corrected chi connectivity index (χ0v) is 10.8. The van der Waals surface area contributed by atoms with Crippen molar-refractivity contribution in [1.29, 1.82) is 0 Å². The number of aromatic nitrogens is 2. The van der Waals surface area contributed by atoms with Gasteiger partial charge in [0.2, 0.25) is 0 Å². The van der Waals surface area contributed by atoms with Gasteiger partial charge in [-0.3, -0.25) is 4.79 Å². The van der Waals surface area contributed by atoms with Crippen LogP contribution in [0.2, 0.25) is 0 Å². The second-order valence-electron chi connectivity index (χ2n) is 5.59. The van der Waals surface area contributed by atoms with E-state index in [4.69, 9.17) is 0 Å². The van der Waals surface area contributed by atoms with Gasteiger partial charge in [-0.1, -0.05) is 0 Å². The van der Waals surface area contributed by atoms with E-state index in [1.165, 1.54) is 19.3 Å². The van der Waals surface area contributed by atoms with Gasteiger partial charge in [0.05, 0.1) is 0 Å². The van der Waals surface area contributed by atoms with E-state index in [9.17, 15) is 4.79 Å². The number of nitrogens with one attached hydrogen (secondary N) is 2. The highest BCUT2D eigenvalue weighted by atomic mass is 16.2. The topological polar surface area (TPSA) is 59.0 Å². The molecule has 3 rings (SSSR count). The molecular weight excluding hydrogens is 228 g/mol. The van der Waals surface area contributed by atoms with Crippen LogP contribution in [0.5, 0.6) is 0 Å². The predicted molar refractivity (Wildman–Crippen MR) is 68.3 cm³/mol. The van der Waals surface area contributed by atoms with Crippen LogP contribution < -0.4 is 10.6 Å². The molecule has 1 unspecified atom stereocenters. The number of amides is 1. The Kier molecular flexibility index (Phi) is 2.86. The summed E-state index contributed by atoms with van der Waals surface area (Å²) >= 11 is 0. The number of imidazole rings is 1. The fraction of sp³-hybridized carbons (Fsp3) is 0.692. The molecule has 98 valence electrons. The zero-order valence-electron chi connectivity index (χ0n) is 10.8. The minimum Gasteiger partial charge on any atom is -0.347 e. The Balaban J connectivity index is 1.62. The van der Waals surface area contributed by atoms with Crippen LogP contribution in [0.15, 0.2) is 12.4 Å². The monoisotopic (exact) mass is 248 g/mol. The van der Waals surface area contributed by atoms with Gasteiger partial charge in [-0.15, -0.1) is 0 Å². The fourth-order valence-corrected chi connectivity index (χ4v) is 3.10. The number of hydrogen-bond acceptors (Lipinski definition) is 3. The molecule has 2 fully saturated rings. The highest BCUT2D eigenvalue weighted by Gasteiger charge is 2.41. The normalized spacial score (nSPS) is 25.7. The molecular formula is C13H20N4O. The maximum atomic E-state index is 12.1. The summed E-state index contributed by atoms with van der Waals surface area (Å²) in [6, 6.07) is 0.288. The third kappa shape index (κ3) is 2.03. The lowest BCUT2D eigenvalue weighted by Crippen LogP contribution is -2.59. The number of piperidine rings is 1. The molecule has 1 saturated heterocycles. The largest absolute Gasteiger partial charge is 0.347 e. The number of carbonyl (C=O) groups excluding carboxylic acids is 1. The van der Waals surface area contributed by atoms with Crippen molar-refractivity contribution in [3.63, 3.8) is 0 Å². The van der Waals surface area contributed by atoms with Crippen LogP contribution in [0, 0.1) is 0 Å². The molecule has 5 heteroatoms. The Morgan fingerprint density at radius 3 is 3.06 bits per heavy atom. The Hall–Kier alpha value is -1.36. The molecule has 2 N–H and O–H groups in total. The van der Waals surface area contributed by atoms with Gasteiger partial charge in [-0.2, -0.15) is 0 Å². The molecule has 5 nitrogen and oxygen atoms in total. The lowest BCUT2D eigenvalue weighted by atomic mass is 9.70. The molecule has 0 bridgehead atoms. The van der Waals surface area contributed by atoms with Gasteiger partial charge < -0.3 is 15.2 Å². The molecule has 0 radical (unpaired) electrons. The summed E-state index contributed by atoms with van der Waals surface area (Å²) in [4.78, 5) is 16.2. The summed E-state index contributed by atoms with van der Waals surface area (Å²) in [5.41, 5.74) is 0.317. The van der Waals surface area contributed by atoms with Gasteiger partial charge >= 0.3 is 0 Å². The van der Waals surface area contributed by atoms with Gasteiger partial charge in [-0.25, -0.2) is 4.98 Å². The van der Waals surface area contributed by atoms with Gasteiger partial charge in [0.1, 0.15) is 0 Å². The maximum Gasteiger partial charge on any atom is 0.287 e. The highest BCUT2D eigenvalue weighted by Crippen LogP contribution is 2.38. The van der Waals surface area contributed by atoms with Crippen LogP contribution >= 0.6 is 0 Å². The maximum absolute atomic E-state index is 12.1. The average molecular weight is 248 g/mol. The molecule has 1 aliphatic carbocycles. The van der Waals surface area contributed by atoms with Crippen LogP contribution in [-0.2, 0) is 7.05 Å². The summed E-state index contributed by atoms with van der Waals surface area (Å²) in [5.74, 6) is 0.445. The van der Waals surface area contributed by atoms with E-state index in [0.717, 1.165) is 19.4 Å². The van der Waals surface area contributed by atoms with Crippen molar-refractivity contribution in [3.8, 4) is 0 Å². The third-order valence-electron chi connectivity index (χ3n) is 4.30. The van der Waals surface area contributed by atoms with Crippen molar-refractivity contribution < 1.29 is 4.79 Å². The van der Waals surface area contributed by atoms with Crippen molar-refractivity contribution >= 4 is 5.91 Å². The lowest BCUT2D eigenvalue weighted by molar-refractivity contribution is 0.0841. The summed E-state index contributed by atoms with van der Waals surface area (Å²) in [6.07, 6.45) is 9.34. The van der Waals surface area contributed by atoms with E-state index < -0.39 is 0 Å². The van der Waals surface area contributed by atoms with Crippen molar-refractivity contribution in [3.05, 3.63) is 18.2 Å². The Morgan fingerprint density at radius 2 is 2.44 bits per heavy atom. The second-order valence-corrected chi connectivity index (χ2v) is 5.59. The minimum absolute atomic E-state index is 0.0520. The Bertz CT molecular complexity index is 450. The van der Waals surface area contributed by atoms with Crippen molar-refractivity contribution in [2.45, 2.75) is 43.7 Å². The summed E-state index contributed by atoms with van der Waals surface area (Å²) in [7, 11) is 1.85. The molecule has 1 atom stereocenters. The summed E-state index contributed by atoms with van der Waals surface area (Å²) in [5, 5.41) is 6.73. The SMILES string of the molecule is Cn1ccnc1C(=O)NC1CCNC2(CCC2)C1. The smallest absolute Gasteiger partial charge is 0.287 e. The lowest BCUT2D eigenvalue weighted by Gasteiger charge is -2.48. The highest BCUT2D eigenvalue weighted by molar-refractivity contribution is 5.90. The molecule has 1 saturated carbocycles. The molecule has 2 aliphatic rings. The van der Waals surface area contributed by atoms with Gasteiger partial charge in [0.25, 0.3) is 5.91 Å². The second kappa shape index (κ2) is 4.39. The van der Waals surface area contributed by atoms with Crippen molar-refractivity contribution in [1.82, 2.24) is 20.2 Å². The predicted octanol–water partition coefficient (Wildman–Crippen LogP) is 0.825. The number of aryl methyl sites for hydroxylation is 1. The molecule has 1 aromatic heterocycles. The average Bonchev–Trinajstić information content (AvgIpc) is 2.74. The quantitative estimate of drug-likeness (QED) is 0.815. The molecule has 1 amide bonds. The van der Waals surface area contributed by atoms with Crippen molar-refractivity contribution in [2.24, 2.45) is 7.05 Å². The van der Waals surface area contributed by atoms with Gasteiger partial charge in [0, 0.05) is 31.0 Å². The van der Waals surface area contributed by atoms with E-state index in [2.05, 4.69) is 15.6 Å². The molecule has 18 heavy (non-hydrogen) atoms. The molecule has 2 heterocycles. The van der Waals surface area contributed by atoms with Crippen LogP contribution in [0.1, 0.15) is 42.7 Å². The van der Waals surface area contributed by atoms with E-state index in [-0.39, 0.29) is 11.9 Å². The van der Waals surface area contributed by atoms with Gasteiger partial charge in [0.15, 0.2) is 5.82 Å². The van der Waals surface area contributed by atoms with Crippen LogP contribution in [0.25, 0.3) is 0 Å². The standard InChI is InChI=1S/C13H20N4O/c1-17-8-7-14-11(17)12(18)16-10-3-6-15-13(9-10)4-2-5-13/h7-8,10,15H,2-6,9H2,1H3,(H,16,18). The first-order chi connectivity index (χ1) is 8.69. The number of carbonyl (C=O) groups is 1. The zero-order chi connectivity index (χ0) is 12.6. The van der Waals surface area contributed by atoms with Crippen LogP contribution in [-0.4, -0.2) is 33.6 Å². The number of rotatable bonds is 2. The molecule has 1 aliphatic heterocycles. The van der Waals surface area contributed by atoms with E-state index in [1.54, 1.807) is 17.0 Å². The summed E-state index contributed by atoms with van der Waals surface area (Å²) < 4.78 is 1.76. The Morgan fingerprint density at radius 1 is 1.61 bits per heavy atom. The molecule has 1 spiro atoms. The van der Waals surface area contributed by atoms with Crippen molar-refractivity contribution in [2.75, 3.05) is 6.54 Å². The Labute approximate surface area is 107 Å². The third-order valence-corrected chi connectivity index (χ3v) is 4.30. The first kappa shape index (κ1) is 11.7.